The van der Waals surface area contributed by atoms with Crippen molar-refractivity contribution in [3.8, 4) is 0 Å². The quantitative estimate of drug-likeness (QED) is 0.520. The van der Waals surface area contributed by atoms with Crippen LogP contribution in [-0.2, 0) is 35.3 Å². The average molecular weight is 482 g/mol. The van der Waals surface area contributed by atoms with E-state index in [1.54, 1.807) is 6.07 Å². The summed E-state index contributed by atoms with van der Waals surface area (Å²) in [6.07, 6.45) is 1.61. The van der Waals surface area contributed by atoms with Gasteiger partial charge in [0.05, 0.1) is 11.9 Å². The lowest BCUT2D eigenvalue weighted by Gasteiger charge is -2.19. The Bertz CT molecular complexity index is 1430. The lowest BCUT2D eigenvalue weighted by atomic mass is 10.2. The molecule has 0 saturated carbocycles. The SMILES string of the molecule is CC(=O)N1CCc2cc(Br)cc(S(=O)(=O)n3cc4c(=O)n(C)c(=O)n(C)c4n3)c21. The van der Waals surface area contributed by atoms with E-state index in [9.17, 15) is 22.8 Å². The van der Waals surface area contributed by atoms with Crippen LogP contribution < -0.4 is 16.1 Å². The number of carbonyl (C=O) groups excluding carboxylic acids is 1. The van der Waals surface area contributed by atoms with Gasteiger partial charge in [0, 0.05) is 32.0 Å². The molecule has 4 rings (SSSR count). The van der Waals surface area contributed by atoms with Crippen LogP contribution in [0.5, 0.6) is 0 Å². The van der Waals surface area contributed by atoms with Gasteiger partial charge >= 0.3 is 5.69 Å². The highest BCUT2D eigenvalue weighted by molar-refractivity contribution is 9.10. The molecule has 3 aromatic rings. The molecule has 0 N–H and O–H groups in total. The van der Waals surface area contributed by atoms with Crippen molar-refractivity contribution in [3.05, 3.63) is 49.2 Å². The number of rotatable bonds is 2. The number of hydrogen-bond acceptors (Lipinski definition) is 6. The Hall–Kier alpha value is -2.73. The zero-order chi connectivity index (χ0) is 21.2. The van der Waals surface area contributed by atoms with Gasteiger partial charge in [0.2, 0.25) is 5.91 Å². The second-order valence-electron chi connectivity index (χ2n) is 6.78. The van der Waals surface area contributed by atoms with E-state index in [-0.39, 0.29) is 21.8 Å². The van der Waals surface area contributed by atoms with E-state index in [1.807, 2.05) is 0 Å². The predicted octanol–water partition coefficient (Wildman–Crippen LogP) is 0.342. The smallest absolute Gasteiger partial charge is 0.311 e. The summed E-state index contributed by atoms with van der Waals surface area (Å²) in [4.78, 5) is 37.9. The third kappa shape index (κ3) is 2.77. The first-order valence-electron chi connectivity index (χ1n) is 8.55. The minimum absolute atomic E-state index is 0.00626. The summed E-state index contributed by atoms with van der Waals surface area (Å²) in [5.74, 6) is -0.274. The van der Waals surface area contributed by atoms with Gasteiger partial charge in [0.1, 0.15) is 10.3 Å². The average Bonchev–Trinajstić information content (AvgIpc) is 3.28. The monoisotopic (exact) mass is 481 g/mol. The molecule has 0 spiro atoms. The van der Waals surface area contributed by atoms with Crippen LogP contribution in [0.25, 0.3) is 11.0 Å². The predicted molar refractivity (Wildman–Crippen MR) is 109 cm³/mol. The molecule has 0 unspecified atom stereocenters. The molecule has 1 aliphatic heterocycles. The highest BCUT2D eigenvalue weighted by atomic mass is 79.9. The fourth-order valence-corrected chi connectivity index (χ4v) is 5.58. The Balaban J connectivity index is 2.02. The molecular weight excluding hydrogens is 466 g/mol. The Labute approximate surface area is 173 Å². The van der Waals surface area contributed by atoms with Crippen LogP contribution in [-0.4, -0.2) is 39.2 Å². The van der Waals surface area contributed by atoms with Gasteiger partial charge < -0.3 is 4.90 Å². The van der Waals surface area contributed by atoms with E-state index in [0.717, 1.165) is 15.3 Å². The molecule has 10 nitrogen and oxygen atoms in total. The maximum absolute atomic E-state index is 13.4. The number of amides is 1. The summed E-state index contributed by atoms with van der Waals surface area (Å²) in [7, 11) is -1.54. The molecule has 0 bridgehead atoms. The van der Waals surface area contributed by atoms with Gasteiger partial charge in [-0.3, -0.25) is 18.7 Å². The zero-order valence-electron chi connectivity index (χ0n) is 15.7. The molecule has 0 aliphatic carbocycles. The molecule has 1 aromatic carbocycles. The summed E-state index contributed by atoms with van der Waals surface area (Å²) < 4.78 is 30.1. The lowest BCUT2D eigenvalue weighted by molar-refractivity contribution is -0.116. The van der Waals surface area contributed by atoms with Crippen LogP contribution in [0.2, 0.25) is 0 Å². The molecular formula is C17H16BrN5O5S. The number of halogens is 1. The zero-order valence-corrected chi connectivity index (χ0v) is 18.1. The topological polar surface area (TPSA) is 116 Å². The van der Waals surface area contributed by atoms with Gasteiger partial charge in [-0.1, -0.05) is 15.9 Å². The molecule has 12 heteroatoms. The van der Waals surface area contributed by atoms with E-state index >= 15 is 0 Å². The Morgan fingerprint density at radius 2 is 1.86 bits per heavy atom. The van der Waals surface area contributed by atoms with Gasteiger partial charge in [-0.25, -0.2) is 4.79 Å². The number of fused-ring (bicyclic) bond motifs is 2. The molecule has 0 saturated heterocycles. The maximum Gasteiger partial charge on any atom is 0.332 e. The number of anilines is 1. The van der Waals surface area contributed by atoms with E-state index in [1.165, 1.54) is 32.0 Å². The number of hydrogen-bond donors (Lipinski definition) is 0. The Kier molecular flexibility index (Phi) is 4.31. The first-order chi connectivity index (χ1) is 13.5. The standard InChI is InChI=1S/C17H16BrN5O5S/c1-9(24)22-5-4-10-6-11(18)7-13(14(10)22)29(27,28)23-8-12-15(19-23)20(2)17(26)21(3)16(12)25/h6-8H,4-5H2,1-3H3. The van der Waals surface area contributed by atoms with Crippen LogP contribution in [0.4, 0.5) is 5.69 Å². The Morgan fingerprint density at radius 3 is 2.52 bits per heavy atom. The van der Waals surface area contributed by atoms with Gasteiger partial charge in [0.25, 0.3) is 15.6 Å². The third-order valence-electron chi connectivity index (χ3n) is 5.00. The number of aromatic nitrogens is 4. The fourth-order valence-electron chi connectivity index (χ4n) is 3.53. The first-order valence-corrected chi connectivity index (χ1v) is 10.8. The molecule has 29 heavy (non-hydrogen) atoms. The van der Waals surface area contributed by atoms with Crippen molar-refractivity contribution in [3.63, 3.8) is 0 Å². The minimum atomic E-state index is -4.26. The van der Waals surface area contributed by atoms with Crippen molar-refractivity contribution in [2.75, 3.05) is 11.4 Å². The summed E-state index contributed by atoms with van der Waals surface area (Å²) in [6, 6.07) is 3.18. The molecule has 152 valence electrons. The van der Waals surface area contributed by atoms with Gasteiger partial charge in [-0.2, -0.15) is 12.5 Å². The van der Waals surface area contributed by atoms with E-state index in [0.29, 0.717) is 32.8 Å². The number of benzene rings is 1. The van der Waals surface area contributed by atoms with Crippen LogP contribution >= 0.6 is 15.9 Å². The maximum atomic E-state index is 13.4. The number of nitrogens with zero attached hydrogens (tertiary/aromatic N) is 5. The van der Waals surface area contributed by atoms with Crippen molar-refractivity contribution in [2.45, 2.75) is 18.2 Å². The number of carbonyl (C=O) groups is 1. The van der Waals surface area contributed by atoms with Crippen LogP contribution in [0.1, 0.15) is 12.5 Å². The van der Waals surface area contributed by atoms with Gasteiger partial charge in [-0.05, 0) is 24.1 Å². The normalized spacial score (nSPS) is 13.9. The molecule has 0 atom stereocenters. The summed E-state index contributed by atoms with van der Waals surface area (Å²) in [6.45, 7) is 1.75. The van der Waals surface area contributed by atoms with E-state index < -0.39 is 21.3 Å². The van der Waals surface area contributed by atoms with Gasteiger partial charge in [0.15, 0.2) is 5.65 Å². The fraction of sp³-hybridized carbons (Fsp3) is 0.294. The second kappa shape index (κ2) is 6.39. The largest absolute Gasteiger partial charge is 0.332 e. The third-order valence-corrected chi connectivity index (χ3v) is 7.00. The molecule has 0 radical (unpaired) electrons. The van der Waals surface area contributed by atoms with Crippen molar-refractivity contribution >= 4 is 48.6 Å². The summed E-state index contributed by atoms with van der Waals surface area (Å²) >= 11 is 3.32. The first kappa shape index (κ1) is 19.6. The van der Waals surface area contributed by atoms with Crippen molar-refractivity contribution in [1.82, 2.24) is 18.3 Å². The van der Waals surface area contributed by atoms with Gasteiger partial charge in [-0.15, -0.1) is 5.10 Å². The van der Waals surface area contributed by atoms with Crippen LogP contribution in [0.15, 0.2) is 37.3 Å². The van der Waals surface area contributed by atoms with Crippen LogP contribution in [0.3, 0.4) is 0 Å². The van der Waals surface area contributed by atoms with Crippen molar-refractivity contribution in [2.24, 2.45) is 14.1 Å². The highest BCUT2D eigenvalue weighted by Crippen LogP contribution is 2.38. The number of aryl methyl sites for hydroxylation is 1. The highest BCUT2D eigenvalue weighted by Gasteiger charge is 2.33. The Morgan fingerprint density at radius 1 is 1.17 bits per heavy atom. The summed E-state index contributed by atoms with van der Waals surface area (Å²) in [5, 5.41) is 4.00. The molecule has 0 fully saturated rings. The van der Waals surface area contributed by atoms with E-state index in [2.05, 4.69) is 21.0 Å². The minimum Gasteiger partial charge on any atom is -0.311 e. The molecule has 3 heterocycles. The van der Waals surface area contributed by atoms with Crippen LogP contribution in [0, 0.1) is 0 Å². The lowest BCUT2D eigenvalue weighted by Crippen LogP contribution is -2.36. The van der Waals surface area contributed by atoms with E-state index in [4.69, 9.17) is 0 Å². The molecule has 1 aliphatic rings. The second-order valence-corrected chi connectivity index (χ2v) is 9.46. The molecule has 1 amide bonds. The summed E-state index contributed by atoms with van der Waals surface area (Å²) in [5.41, 5.74) is -0.280. The van der Waals surface area contributed by atoms with Crippen molar-refractivity contribution in [1.29, 1.82) is 0 Å². The van der Waals surface area contributed by atoms with Crippen molar-refractivity contribution < 1.29 is 13.2 Å². The molecule has 2 aromatic heterocycles.